The molecule has 0 saturated heterocycles. The van der Waals surface area contributed by atoms with Crippen LogP contribution in [0, 0.1) is 0 Å². The molecule has 0 saturated carbocycles. The number of carbonyl (C=O) groups excluding carboxylic acids is 1. The summed E-state index contributed by atoms with van der Waals surface area (Å²) >= 11 is 0. The Morgan fingerprint density at radius 2 is 1.87 bits per heavy atom. The van der Waals surface area contributed by atoms with Gasteiger partial charge in [-0.15, -0.1) is 0 Å². The van der Waals surface area contributed by atoms with Crippen LogP contribution in [0.25, 0.3) is 0 Å². The number of rotatable bonds is 5. The quantitative estimate of drug-likeness (QED) is 0.836. The molecule has 0 N–H and O–H groups in total. The van der Waals surface area contributed by atoms with Gasteiger partial charge in [-0.1, -0.05) is 0 Å². The molecule has 1 heterocycles. The predicted molar refractivity (Wildman–Crippen MR) is 87.8 cm³/mol. The van der Waals surface area contributed by atoms with Gasteiger partial charge in [-0.3, -0.25) is 9.48 Å². The number of nitrogens with zero attached hydrogens (tertiary/aromatic N) is 3. The zero-order valence-corrected chi connectivity index (χ0v) is 14.5. The molecule has 2 aromatic rings. The van der Waals surface area contributed by atoms with Crippen molar-refractivity contribution in [2.45, 2.75) is 30.5 Å². The Bertz CT molecular complexity index is 792. The third-order valence-corrected chi connectivity index (χ3v) is 5.75. The molecule has 1 amide bonds. The Labute approximate surface area is 136 Å². The minimum atomic E-state index is -3.32. The van der Waals surface area contributed by atoms with Crippen LogP contribution >= 0.6 is 0 Å². The zero-order valence-electron chi connectivity index (χ0n) is 13.7. The molecule has 0 fully saturated rings. The lowest BCUT2D eigenvalue weighted by Crippen LogP contribution is -2.26. The second-order valence-corrected chi connectivity index (χ2v) is 8.31. The van der Waals surface area contributed by atoms with Crippen LogP contribution in [-0.4, -0.2) is 41.3 Å². The third kappa shape index (κ3) is 3.79. The summed E-state index contributed by atoms with van der Waals surface area (Å²) in [4.78, 5) is 14.2. The number of hydrogen-bond donors (Lipinski definition) is 0. The van der Waals surface area contributed by atoms with E-state index in [1.807, 2.05) is 13.2 Å². The first-order chi connectivity index (χ1) is 10.7. The van der Waals surface area contributed by atoms with Crippen molar-refractivity contribution in [3.63, 3.8) is 0 Å². The summed E-state index contributed by atoms with van der Waals surface area (Å²) in [5.74, 6) is -0.164. The van der Waals surface area contributed by atoms with E-state index in [0.717, 1.165) is 5.56 Å². The maximum absolute atomic E-state index is 12.4. The summed E-state index contributed by atoms with van der Waals surface area (Å²) in [6.07, 6.45) is 3.56. The van der Waals surface area contributed by atoms with Gasteiger partial charge in [0, 0.05) is 38.0 Å². The molecule has 1 aromatic carbocycles. The minimum Gasteiger partial charge on any atom is -0.337 e. The van der Waals surface area contributed by atoms with E-state index < -0.39 is 15.1 Å². The summed E-state index contributed by atoms with van der Waals surface area (Å²) in [5, 5.41) is 3.58. The first-order valence-corrected chi connectivity index (χ1v) is 8.83. The number of carbonyl (C=O) groups is 1. The van der Waals surface area contributed by atoms with Crippen molar-refractivity contribution in [1.82, 2.24) is 14.7 Å². The molecule has 2 rings (SSSR count). The lowest BCUT2D eigenvalue weighted by Gasteiger charge is -2.16. The fourth-order valence-corrected chi connectivity index (χ4v) is 3.24. The van der Waals surface area contributed by atoms with E-state index >= 15 is 0 Å². The largest absolute Gasteiger partial charge is 0.337 e. The number of amides is 1. The van der Waals surface area contributed by atoms with Gasteiger partial charge in [-0.05, 0) is 38.1 Å². The van der Waals surface area contributed by atoms with E-state index in [0.29, 0.717) is 12.1 Å². The molecule has 0 bridgehead atoms. The maximum Gasteiger partial charge on any atom is 0.253 e. The summed E-state index contributed by atoms with van der Waals surface area (Å²) in [7, 11) is 0.200. The van der Waals surface area contributed by atoms with Gasteiger partial charge in [0.05, 0.1) is 16.3 Å². The second kappa shape index (κ2) is 6.54. The summed E-state index contributed by atoms with van der Waals surface area (Å²) < 4.78 is 25.9. The molecule has 6 nitrogen and oxygen atoms in total. The molecule has 1 aromatic heterocycles. The van der Waals surface area contributed by atoms with Gasteiger partial charge in [0.2, 0.25) is 0 Å². The lowest BCUT2D eigenvalue weighted by atomic mass is 10.2. The van der Waals surface area contributed by atoms with E-state index in [1.54, 1.807) is 48.8 Å². The standard InChI is InChI=1S/C16H21N3O3S/c1-12(2)23(21,22)15-7-5-14(6-8-15)16(20)18(3)10-13-9-17-19(4)11-13/h5-9,11-12H,10H2,1-4H3. The molecule has 23 heavy (non-hydrogen) atoms. The van der Waals surface area contributed by atoms with Crippen molar-refractivity contribution in [2.75, 3.05) is 7.05 Å². The van der Waals surface area contributed by atoms with E-state index in [4.69, 9.17) is 0 Å². The number of hydrogen-bond acceptors (Lipinski definition) is 4. The van der Waals surface area contributed by atoms with E-state index in [9.17, 15) is 13.2 Å². The van der Waals surface area contributed by atoms with Crippen molar-refractivity contribution >= 4 is 15.7 Å². The highest BCUT2D eigenvalue weighted by atomic mass is 32.2. The van der Waals surface area contributed by atoms with E-state index in [2.05, 4.69) is 5.10 Å². The van der Waals surface area contributed by atoms with Gasteiger partial charge in [-0.25, -0.2) is 8.42 Å². The van der Waals surface area contributed by atoms with Gasteiger partial charge in [-0.2, -0.15) is 5.10 Å². The number of aryl methyl sites for hydroxylation is 1. The van der Waals surface area contributed by atoms with Crippen molar-refractivity contribution in [1.29, 1.82) is 0 Å². The van der Waals surface area contributed by atoms with Gasteiger partial charge in [0.15, 0.2) is 9.84 Å². The van der Waals surface area contributed by atoms with Crippen LogP contribution in [0.1, 0.15) is 29.8 Å². The Kier molecular flexibility index (Phi) is 4.89. The monoisotopic (exact) mass is 335 g/mol. The molecule has 0 spiro atoms. The molecule has 0 radical (unpaired) electrons. The smallest absolute Gasteiger partial charge is 0.253 e. The number of benzene rings is 1. The first kappa shape index (κ1) is 17.2. The van der Waals surface area contributed by atoms with Crippen LogP contribution in [0.4, 0.5) is 0 Å². The average Bonchev–Trinajstić information content (AvgIpc) is 2.91. The Hall–Kier alpha value is -2.15. The third-order valence-electron chi connectivity index (χ3n) is 3.58. The highest BCUT2D eigenvalue weighted by Gasteiger charge is 2.20. The fraction of sp³-hybridized carbons (Fsp3) is 0.375. The first-order valence-electron chi connectivity index (χ1n) is 7.28. The van der Waals surface area contributed by atoms with Crippen LogP contribution in [0.2, 0.25) is 0 Å². The fourth-order valence-electron chi connectivity index (χ4n) is 2.18. The van der Waals surface area contributed by atoms with Crippen LogP contribution in [-0.2, 0) is 23.4 Å². The number of aromatic nitrogens is 2. The molecular formula is C16H21N3O3S. The Morgan fingerprint density at radius 1 is 1.26 bits per heavy atom. The summed E-state index contributed by atoms with van der Waals surface area (Å²) in [5.41, 5.74) is 1.39. The summed E-state index contributed by atoms with van der Waals surface area (Å²) in [6.45, 7) is 3.71. The second-order valence-electron chi connectivity index (χ2n) is 5.80. The molecule has 0 aliphatic heterocycles. The van der Waals surface area contributed by atoms with Crippen molar-refractivity contribution in [3.05, 3.63) is 47.8 Å². The highest BCUT2D eigenvalue weighted by Crippen LogP contribution is 2.17. The Morgan fingerprint density at radius 3 is 2.35 bits per heavy atom. The van der Waals surface area contributed by atoms with Gasteiger partial charge in [0.25, 0.3) is 5.91 Å². The van der Waals surface area contributed by atoms with Crippen LogP contribution < -0.4 is 0 Å². The molecule has 0 atom stereocenters. The van der Waals surface area contributed by atoms with Gasteiger partial charge >= 0.3 is 0 Å². The molecule has 7 heteroatoms. The van der Waals surface area contributed by atoms with E-state index in [-0.39, 0.29) is 10.8 Å². The highest BCUT2D eigenvalue weighted by molar-refractivity contribution is 7.92. The van der Waals surface area contributed by atoms with Crippen molar-refractivity contribution < 1.29 is 13.2 Å². The molecule has 0 aliphatic rings. The SMILES string of the molecule is CC(C)S(=O)(=O)c1ccc(C(=O)N(C)Cc2cnn(C)c2)cc1. The van der Waals surface area contributed by atoms with Crippen LogP contribution in [0.15, 0.2) is 41.6 Å². The Balaban J connectivity index is 2.14. The van der Waals surface area contributed by atoms with E-state index in [1.165, 1.54) is 12.1 Å². The lowest BCUT2D eigenvalue weighted by molar-refractivity contribution is 0.0785. The normalized spacial score (nSPS) is 11.7. The summed E-state index contributed by atoms with van der Waals surface area (Å²) in [6, 6.07) is 6.08. The molecule has 0 unspecified atom stereocenters. The topological polar surface area (TPSA) is 72.3 Å². The minimum absolute atomic E-state index is 0.164. The van der Waals surface area contributed by atoms with Gasteiger partial charge < -0.3 is 4.90 Å². The van der Waals surface area contributed by atoms with Gasteiger partial charge in [0.1, 0.15) is 0 Å². The number of sulfone groups is 1. The van der Waals surface area contributed by atoms with Crippen LogP contribution in [0.5, 0.6) is 0 Å². The van der Waals surface area contributed by atoms with Crippen molar-refractivity contribution in [2.24, 2.45) is 7.05 Å². The molecule has 0 aliphatic carbocycles. The zero-order chi connectivity index (χ0) is 17.2. The van der Waals surface area contributed by atoms with Crippen LogP contribution in [0.3, 0.4) is 0 Å². The maximum atomic E-state index is 12.4. The predicted octanol–water partition coefficient (Wildman–Crippen LogP) is 1.87. The molecule has 124 valence electrons. The van der Waals surface area contributed by atoms with Crippen molar-refractivity contribution in [3.8, 4) is 0 Å². The molecular weight excluding hydrogens is 314 g/mol. The average molecular weight is 335 g/mol.